The van der Waals surface area contributed by atoms with Gasteiger partial charge in [0.15, 0.2) is 0 Å². The Kier molecular flexibility index (Phi) is 7.20. The summed E-state index contributed by atoms with van der Waals surface area (Å²) in [6.07, 6.45) is 2.99. The molecule has 0 aliphatic carbocycles. The molecule has 0 bridgehead atoms. The Morgan fingerprint density at radius 1 is 1.38 bits per heavy atom. The molecule has 0 spiro atoms. The molecular formula is C19H29N5O4S. The van der Waals surface area contributed by atoms with Gasteiger partial charge >= 0.3 is 0 Å². The number of benzene rings is 1. The Morgan fingerprint density at radius 2 is 2.21 bits per heavy atom. The van der Waals surface area contributed by atoms with E-state index in [9.17, 15) is 13.2 Å². The van der Waals surface area contributed by atoms with Crippen LogP contribution in [0.3, 0.4) is 0 Å². The topological polar surface area (TPSA) is 106 Å². The Hall–Kier alpha value is -2.04. The Bertz CT molecular complexity index is 943. The van der Waals surface area contributed by atoms with Crippen molar-refractivity contribution >= 4 is 27.0 Å². The van der Waals surface area contributed by atoms with Gasteiger partial charge in [0.1, 0.15) is 5.52 Å². The normalized spacial score (nSPS) is 18.2. The maximum absolute atomic E-state index is 13.2. The molecule has 1 aliphatic heterocycles. The highest BCUT2D eigenvalue weighted by Gasteiger charge is 2.33. The van der Waals surface area contributed by atoms with E-state index in [-0.39, 0.29) is 23.3 Å². The predicted octanol–water partition coefficient (Wildman–Crippen LogP) is 1.39. The summed E-state index contributed by atoms with van der Waals surface area (Å²) >= 11 is 0. The van der Waals surface area contributed by atoms with Crippen LogP contribution in [0.15, 0.2) is 23.1 Å². The SMILES string of the molecule is CCCn1nnc2cc(S(=O)(=O)N3CCC[C@H](C(=O)NCCCOC)C3)ccc21. The molecule has 160 valence electrons. The van der Waals surface area contributed by atoms with Crippen LogP contribution in [0.2, 0.25) is 0 Å². The zero-order valence-electron chi connectivity index (χ0n) is 17.0. The van der Waals surface area contributed by atoms with E-state index in [0.29, 0.717) is 38.1 Å². The highest BCUT2D eigenvalue weighted by Crippen LogP contribution is 2.26. The summed E-state index contributed by atoms with van der Waals surface area (Å²) in [6.45, 7) is 4.49. The fourth-order valence-corrected chi connectivity index (χ4v) is 5.13. The third-order valence-corrected chi connectivity index (χ3v) is 7.00. The van der Waals surface area contributed by atoms with Gasteiger partial charge in [0.2, 0.25) is 15.9 Å². The van der Waals surface area contributed by atoms with E-state index in [2.05, 4.69) is 15.6 Å². The molecule has 1 fully saturated rings. The van der Waals surface area contributed by atoms with Crippen LogP contribution in [0.5, 0.6) is 0 Å². The molecule has 2 aromatic rings. The van der Waals surface area contributed by atoms with Gasteiger partial charge in [0, 0.05) is 39.9 Å². The molecule has 29 heavy (non-hydrogen) atoms. The van der Waals surface area contributed by atoms with Crippen LogP contribution >= 0.6 is 0 Å². The minimum Gasteiger partial charge on any atom is -0.385 e. The lowest BCUT2D eigenvalue weighted by Gasteiger charge is -2.31. The van der Waals surface area contributed by atoms with Crippen molar-refractivity contribution in [3.05, 3.63) is 18.2 Å². The largest absolute Gasteiger partial charge is 0.385 e. The number of piperidine rings is 1. The number of amides is 1. The van der Waals surface area contributed by atoms with E-state index in [4.69, 9.17) is 4.74 Å². The fraction of sp³-hybridized carbons (Fsp3) is 0.632. The zero-order chi connectivity index (χ0) is 20.9. The molecule has 1 aromatic carbocycles. The van der Waals surface area contributed by atoms with Crippen molar-refractivity contribution in [3.8, 4) is 0 Å². The quantitative estimate of drug-likeness (QED) is 0.611. The van der Waals surface area contributed by atoms with Gasteiger partial charge in [0.05, 0.1) is 16.3 Å². The summed E-state index contributed by atoms with van der Waals surface area (Å²) in [4.78, 5) is 12.6. The lowest BCUT2D eigenvalue weighted by molar-refractivity contribution is -0.126. The molecule has 10 heteroatoms. The number of carbonyl (C=O) groups excluding carboxylic acids is 1. The van der Waals surface area contributed by atoms with Crippen LogP contribution in [0.25, 0.3) is 11.0 Å². The second kappa shape index (κ2) is 9.64. The predicted molar refractivity (Wildman–Crippen MR) is 109 cm³/mol. The number of carbonyl (C=O) groups is 1. The lowest BCUT2D eigenvalue weighted by atomic mass is 9.99. The summed E-state index contributed by atoms with van der Waals surface area (Å²) in [6, 6.07) is 4.92. The summed E-state index contributed by atoms with van der Waals surface area (Å²) in [7, 11) is -2.08. The highest BCUT2D eigenvalue weighted by molar-refractivity contribution is 7.89. The first-order valence-corrected chi connectivity index (χ1v) is 11.5. The summed E-state index contributed by atoms with van der Waals surface area (Å²) in [5, 5.41) is 11.1. The number of fused-ring (bicyclic) bond motifs is 1. The Balaban J connectivity index is 1.71. The van der Waals surface area contributed by atoms with Gasteiger partial charge in [-0.15, -0.1) is 5.10 Å². The monoisotopic (exact) mass is 423 g/mol. The van der Waals surface area contributed by atoms with Crippen molar-refractivity contribution in [1.29, 1.82) is 0 Å². The summed E-state index contributed by atoms with van der Waals surface area (Å²) < 4.78 is 34.5. The molecule has 1 atom stereocenters. The average molecular weight is 424 g/mol. The molecular weight excluding hydrogens is 394 g/mol. The maximum atomic E-state index is 13.2. The van der Waals surface area contributed by atoms with E-state index in [0.717, 1.165) is 24.9 Å². The standard InChI is InChI=1S/C19H29N5O4S/c1-3-10-24-18-8-7-16(13-17(18)21-22-24)29(26,27)23-11-4-6-15(14-23)19(25)20-9-5-12-28-2/h7-8,13,15H,3-6,9-12,14H2,1-2H3,(H,20,25)/t15-/m0/s1. The lowest BCUT2D eigenvalue weighted by Crippen LogP contribution is -2.45. The number of aromatic nitrogens is 3. The molecule has 1 saturated heterocycles. The zero-order valence-corrected chi connectivity index (χ0v) is 17.8. The second-order valence-corrected chi connectivity index (χ2v) is 9.24. The van der Waals surface area contributed by atoms with Crippen LogP contribution in [0.1, 0.15) is 32.6 Å². The molecule has 0 radical (unpaired) electrons. The number of nitrogens with one attached hydrogen (secondary N) is 1. The molecule has 1 aromatic heterocycles. The first-order valence-electron chi connectivity index (χ1n) is 10.1. The van der Waals surface area contributed by atoms with Gasteiger partial charge < -0.3 is 10.1 Å². The van der Waals surface area contributed by atoms with Crippen molar-refractivity contribution in [2.75, 3.05) is 33.4 Å². The number of hydrogen-bond donors (Lipinski definition) is 1. The average Bonchev–Trinajstić information content (AvgIpc) is 3.13. The number of ether oxygens (including phenoxy) is 1. The second-order valence-electron chi connectivity index (χ2n) is 7.30. The van der Waals surface area contributed by atoms with Gasteiger partial charge in [-0.25, -0.2) is 13.1 Å². The van der Waals surface area contributed by atoms with Crippen LogP contribution in [0.4, 0.5) is 0 Å². The number of methoxy groups -OCH3 is 1. The molecule has 0 unspecified atom stereocenters. The number of rotatable bonds is 9. The summed E-state index contributed by atoms with van der Waals surface area (Å²) in [5.74, 6) is -0.436. The van der Waals surface area contributed by atoms with Crippen molar-refractivity contribution in [3.63, 3.8) is 0 Å². The van der Waals surface area contributed by atoms with Crippen molar-refractivity contribution < 1.29 is 17.9 Å². The first kappa shape index (κ1) is 21.7. The molecule has 9 nitrogen and oxygen atoms in total. The molecule has 0 saturated carbocycles. The Morgan fingerprint density at radius 3 is 2.97 bits per heavy atom. The number of sulfonamides is 1. The maximum Gasteiger partial charge on any atom is 0.243 e. The molecule has 2 heterocycles. The Labute approximate surface area is 171 Å². The minimum absolute atomic E-state index is 0.0982. The van der Waals surface area contributed by atoms with Crippen LogP contribution in [-0.2, 0) is 26.1 Å². The molecule has 1 amide bonds. The van der Waals surface area contributed by atoms with Crippen molar-refractivity contribution in [1.82, 2.24) is 24.6 Å². The van der Waals surface area contributed by atoms with Crippen molar-refractivity contribution in [2.45, 2.75) is 44.0 Å². The van der Waals surface area contributed by atoms with Crippen molar-refractivity contribution in [2.24, 2.45) is 5.92 Å². The van der Waals surface area contributed by atoms with E-state index in [1.54, 1.807) is 30.0 Å². The van der Waals surface area contributed by atoms with Gasteiger partial charge in [0.25, 0.3) is 0 Å². The van der Waals surface area contributed by atoms with Crippen LogP contribution in [0, 0.1) is 5.92 Å². The first-order chi connectivity index (χ1) is 14.0. The summed E-state index contributed by atoms with van der Waals surface area (Å²) in [5.41, 5.74) is 1.38. The molecule has 1 N–H and O–H groups in total. The van der Waals surface area contributed by atoms with E-state index in [1.807, 2.05) is 6.92 Å². The van der Waals surface area contributed by atoms with Gasteiger partial charge in [-0.1, -0.05) is 12.1 Å². The van der Waals surface area contributed by atoms with Gasteiger partial charge in [-0.2, -0.15) is 4.31 Å². The number of nitrogens with zero attached hydrogens (tertiary/aromatic N) is 4. The van der Waals surface area contributed by atoms with E-state index in [1.165, 1.54) is 4.31 Å². The number of hydrogen-bond acceptors (Lipinski definition) is 6. The third kappa shape index (κ3) is 4.93. The highest BCUT2D eigenvalue weighted by atomic mass is 32.2. The van der Waals surface area contributed by atoms with Gasteiger partial charge in [-0.05, 0) is 43.9 Å². The minimum atomic E-state index is -3.70. The fourth-order valence-electron chi connectivity index (χ4n) is 3.59. The van der Waals surface area contributed by atoms with E-state index >= 15 is 0 Å². The van der Waals surface area contributed by atoms with Crippen LogP contribution in [-0.4, -0.2) is 67.0 Å². The molecule has 3 rings (SSSR count). The van der Waals surface area contributed by atoms with Crippen LogP contribution < -0.4 is 5.32 Å². The third-order valence-electron chi connectivity index (χ3n) is 5.14. The van der Waals surface area contributed by atoms with Gasteiger partial charge in [-0.3, -0.25) is 4.79 Å². The molecule has 1 aliphatic rings. The smallest absolute Gasteiger partial charge is 0.243 e. The number of aryl methyl sites for hydroxylation is 1. The van der Waals surface area contributed by atoms with E-state index < -0.39 is 10.0 Å².